The molecule has 0 bridgehead atoms. The smallest absolute Gasteiger partial charge is 0.351 e. The summed E-state index contributed by atoms with van der Waals surface area (Å²) in [6.07, 6.45) is -5.86. The van der Waals surface area contributed by atoms with Crippen molar-refractivity contribution < 1.29 is 26.3 Å². The van der Waals surface area contributed by atoms with Gasteiger partial charge in [0, 0.05) is 31.7 Å². The number of alkyl halides is 5. The van der Waals surface area contributed by atoms with Crippen LogP contribution in [-0.2, 0) is 5.92 Å². The molecule has 0 aliphatic carbocycles. The zero-order valence-electron chi connectivity index (χ0n) is 14.5. The van der Waals surface area contributed by atoms with Crippen molar-refractivity contribution in [3.63, 3.8) is 0 Å². The second-order valence-corrected chi connectivity index (χ2v) is 6.46. The number of halogens is 6. The van der Waals surface area contributed by atoms with Crippen molar-refractivity contribution in [1.29, 1.82) is 0 Å². The lowest BCUT2D eigenvalue weighted by Crippen LogP contribution is -2.44. The third-order valence-corrected chi connectivity index (χ3v) is 4.54. The molecule has 1 aliphatic heterocycles. The SMILES string of the molecule is Cc1nc2c(N3CCNCC3)nc3c(F)cc(C(F)(F)C(F)(F)F)cc3n2n1. The molecule has 3 aromatic rings. The van der Waals surface area contributed by atoms with Gasteiger partial charge in [0.1, 0.15) is 11.3 Å². The van der Waals surface area contributed by atoms with Crippen LogP contribution in [0.2, 0.25) is 0 Å². The third-order valence-electron chi connectivity index (χ3n) is 4.54. The van der Waals surface area contributed by atoms with Crippen LogP contribution in [0, 0.1) is 12.7 Å². The average Bonchev–Trinajstić information content (AvgIpc) is 3.02. The Hall–Kier alpha value is -2.63. The maximum atomic E-state index is 14.6. The summed E-state index contributed by atoms with van der Waals surface area (Å²) in [6.45, 7) is 3.93. The second-order valence-electron chi connectivity index (χ2n) is 6.46. The first-order valence-electron chi connectivity index (χ1n) is 8.37. The summed E-state index contributed by atoms with van der Waals surface area (Å²) >= 11 is 0. The summed E-state index contributed by atoms with van der Waals surface area (Å²) in [6, 6.07) is 0.724. The van der Waals surface area contributed by atoms with E-state index in [1.54, 1.807) is 0 Å². The van der Waals surface area contributed by atoms with Gasteiger partial charge in [-0.3, -0.25) is 0 Å². The summed E-state index contributed by atoms with van der Waals surface area (Å²) in [7, 11) is 0. The monoisotopic (exact) mass is 404 g/mol. The lowest BCUT2D eigenvalue weighted by atomic mass is 10.1. The molecule has 0 atom stereocenters. The van der Waals surface area contributed by atoms with E-state index in [-0.39, 0.29) is 28.6 Å². The van der Waals surface area contributed by atoms with Gasteiger partial charge in [0.15, 0.2) is 17.3 Å². The van der Waals surface area contributed by atoms with Gasteiger partial charge in [0.2, 0.25) is 0 Å². The minimum Gasteiger partial charge on any atom is -0.351 e. The zero-order chi connectivity index (χ0) is 20.3. The van der Waals surface area contributed by atoms with Crippen molar-refractivity contribution in [2.75, 3.05) is 31.1 Å². The molecule has 0 saturated carbocycles. The normalized spacial score (nSPS) is 16.3. The van der Waals surface area contributed by atoms with Gasteiger partial charge >= 0.3 is 12.1 Å². The van der Waals surface area contributed by atoms with Crippen molar-refractivity contribution in [3.8, 4) is 0 Å². The standard InChI is InChI=1S/C16H14F6N6/c1-8-24-14-13(27-4-2-23-3-5-27)25-12-10(17)6-9(7-11(12)28(14)26-8)15(18,19)16(20,21)22/h6-7,23H,2-5H2,1H3. The van der Waals surface area contributed by atoms with Crippen LogP contribution in [-0.4, -0.2) is 51.9 Å². The number of benzene rings is 1. The van der Waals surface area contributed by atoms with E-state index >= 15 is 0 Å². The molecule has 0 radical (unpaired) electrons. The number of piperazine rings is 1. The molecule has 1 aliphatic rings. The van der Waals surface area contributed by atoms with E-state index in [0.29, 0.717) is 38.1 Å². The van der Waals surface area contributed by atoms with Gasteiger partial charge in [-0.05, 0) is 19.1 Å². The first-order chi connectivity index (χ1) is 13.1. The Morgan fingerprint density at radius 2 is 1.71 bits per heavy atom. The molecule has 3 heterocycles. The first kappa shape index (κ1) is 18.7. The van der Waals surface area contributed by atoms with Crippen LogP contribution in [0.1, 0.15) is 11.4 Å². The van der Waals surface area contributed by atoms with Crippen LogP contribution in [0.4, 0.5) is 32.2 Å². The molecule has 1 fully saturated rings. The average molecular weight is 404 g/mol. The highest BCUT2D eigenvalue weighted by molar-refractivity contribution is 5.84. The predicted octanol–water partition coefficient (Wildman–Crippen LogP) is 2.79. The summed E-state index contributed by atoms with van der Waals surface area (Å²) in [5.41, 5.74) is -2.02. The molecule has 0 amide bonds. The number of aryl methyl sites for hydroxylation is 1. The van der Waals surface area contributed by atoms with Gasteiger partial charge in [0.05, 0.1) is 5.52 Å². The summed E-state index contributed by atoms with van der Waals surface area (Å²) in [4.78, 5) is 10.2. The number of fused-ring (bicyclic) bond motifs is 3. The van der Waals surface area contributed by atoms with Crippen LogP contribution < -0.4 is 10.2 Å². The zero-order valence-corrected chi connectivity index (χ0v) is 14.5. The maximum Gasteiger partial charge on any atom is 0.458 e. The number of hydrogen-bond acceptors (Lipinski definition) is 5. The highest BCUT2D eigenvalue weighted by Crippen LogP contribution is 2.44. The van der Waals surface area contributed by atoms with Crippen molar-refractivity contribution >= 4 is 22.5 Å². The fourth-order valence-corrected chi connectivity index (χ4v) is 3.17. The maximum absolute atomic E-state index is 14.6. The van der Waals surface area contributed by atoms with Gasteiger partial charge in [-0.25, -0.2) is 18.9 Å². The Kier molecular flexibility index (Phi) is 4.14. The van der Waals surface area contributed by atoms with E-state index in [1.807, 2.05) is 4.90 Å². The van der Waals surface area contributed by atoms with Gasteiger partial charge in [-0.2, -0.15) is 27.1 Å². The topological polar surface area (TPSA) is 58.4 Å². The second kappa shape index (κ2) is 6.19. The third kappa shape index (κ3) is 2.82. The molecule has 1 N–H and O–H groups in total. The molecule has 6 nitrogen and oxygen atoms in total. The van der Waals surface area contributed by atoms with Crippen LogP contribution in [0.5, 0.6) is 0 Å². The number of anilines is 1. The fraction of sp³-hybridized carbons (Fsp3) is 0.438. The Labute approximate surface area is 154 Å². The van der Waals surface area contributed by atoms with E-state index in [1.165, 1.54) is 6.92 Å². The van der Waals surface area contributed by atoms with Gasteiger partial charge in [-0.15, -0.1) is 0 Å². The lowest BCUT2D eigenvalue weighted by molar-refractivity contribution is -0.289. The number of aromatic nitrogens is 4. The number of hydrogen-bond donors (Lipinski definition) is 1. The molecule has 1 saturated heterocycles. The van der Waals surface area contributed by atoms with Crippen LogP contribution >= 0.6 is 0 Å². The fourth-order valence-electron chi connectivity index (χ4n) is 3.17. The highest BCUT2D eigenvalue weighted by Gasteiger charge is 2.59. The summed E-state index contributed by atoms with van der Waals surface area (Å²) in [5.74, 6) is -5.97. The molecule has 12 heteroatoms. The Bertz CT molecular complexity index is 1050. The number of rotatable bonds is 2. The largest absolute Gasteiger partial charge is 0.458 e. The van der Waals surface area contributed by atoms with Gasteiger partial charge in [-0.1, -0.05) is 0 Å². The molecule has 0 spiro atoms. The molecule has 4 rings (SSSR count). The molecule has 1 aromatic carbocycles. The minimum absolute atomic E-state index is 0.166. The van der Waals surface area contributed by atoms with E-state index in [2.05, 4.69) is 20.4 Å². The summed E-state index contributed by atoms with van der Waals surface area (Å²) < 4.78 is 81.4. The lowest BCUT2D eigenvalue weighted by Gasteiger charge is -2.28. The van der Waals surface area contributed by atoms with E-state index in [9.17, 15) is 26.3 Å². The van der Waals surface area contributed by atoms with E-state index in [0.717, 1.165) is 4.52 Å². The molecule has 150 valence electrons. The molecule has 28 heavy (non-hydrogen) atoms. The van der Waals surface area contributed by atoms with Crippen LogP contribution in [0.25, 0.3) is 16.7 Å². The van der Waals surface area contributed by atoms with Gasteiger partial charge in [0.25, 0.3) is 0 Å². The number of nitrogens with one attached hydrogen (secondary N) is 1. The van der Waals surface area contributed by atoms with Crippen LogP contribution in [0.15, 0.2) is 12.1 Å². The van der Waals surface area contributed by atoms with Crippen molar-refractivity contribution in [2.24, 2.45) is 0 Å². The Balaban J connectivity index is 2.00. The molecular weight excluding hydrogens is 390 g/mol. The molecule has 2 aromatic heterocycles. The van der Waals surface area contributed by atoms with Crippen LogP contribution in [0.3, 0.4) is 0 Å². The molecular formula is C16H14F6N6. The Morgan fingerprint density at radius 3 is 2.36 bits per heavy atom. The van der Waals surface area contributed by atoms with E-state index in [4.69, 9.17) is 0 Å². The van der Waals surface area contributed by atoms with Gasteiger partial charge < -0.3 is 10.2 Å². The van der Waals surface area contributed by atoms with Crippen molar-refractivity contribution in [3.05, 3.63) is 29.3 Å². The van der Waals surface area contributed by atoms with Crippen molar-refractivity contribution in [1.82, 2.24) is 24.9 Å². The first-order valence-corrected chi connectivity index (χ1v) is 8.37. The summed E-state index contributed by atoms with van der Waals surface area (Å²) in [5, 5.41) is 7.20. The van der Waals surface area contributed by atoms with E-state index < -0.39 is 23.5 Å². The number of nitrogens with zero attached hydrogens (tertiary/aromatic N) is 5. The van der Waals surface area contributed by atoms with Crippen molar-refractivity contribution in [2.45, 2.75) is 19.0 Å². The minimum atomic E-state index is -5.86. The highest BCUT2D eigenvalue weighted by atomic mass is 19.4. The molecule has 0 unspecified atom stereocenters. The quantitative estimate of drug-likeness (QED) is 0.666. The predicted molar refractivity (Wildman–Crippen MR) is 88.0 cm³/mol. The Morgan fingerprint density at radius 1 is 1.04 bits per heavy atom.